The molecule has 44 heavy (non-hydrogen) atoms. The van der Waals surface area contributed by atoms with Crippen molar-refractivity contribution in [2.24, 2.45) is 23.7 Å². The van der Waals surface area contributed by atoms with E-state index in [0.29, 0.717) is 34.5 Å². The maximum atomic E-state index is 12.2. The molecular formula is C37H56O7. The van der Waals surface area contributed by atoms with Gasteiger partial charge in [-0.25, -0.2) is 0 Å². The van der Waals surface area contributed by atoms with E-state index in [0.717, 1.165) is 29.6 Å². The predicted molar refractivity (Wildman–Crippen MR) is 177 cm³/mol. The second kappa shape index (κ2) is 15.1. The molecule has 0 spiro atoms. The summed E-state index contributed by atoms with van der Waals surface area (Å²) in [5, 5.41) is 13.0. The van der Waals surface area contributed by atoms with E-state index in [9.17, 15) is 5.11 Å². The van der Waals surface area contributed by atoms with Gasteiger partial charge in [0.25, 0.3) is 0 Å². The standard InChI is InChI=1S/C37H56O7/c1-14-21(3)16-22(4)17-23(5)18-24(6)30-19-28-31(36(41-20-39-12)35(40-13)27(9)34(28)42-30)32(38)26(8)33-25(7)29(15-2)43-37(10,11)44-33/h14-16,19,21,23-26,29,32-33,38H,1-2,17-18,20H2,3-13H3/b22-16+/t21-,23+,24-,25-,26-,29+,32?,33-/m0/s1. The average molecular weight is 613 g/mol. The topological polar surface area (TPSA) is 79.5 Å². The number of aliphatic hydroxyl groups is 1. The fraction of sp³-hybridized carbons (Fsp3) is 0.622. The quantitative estimate of drug-likeness (QED) is 0.159. The lowest BCUT2D eigenvalue weighted by Gasteiger charge is -2.47. The van der Waals surface area contributed by atoms with Crippen LogP contribution in [-0.2, 0) is 14.2 Å². The van der Waals surface area contributed by atoms with E-state index >= 15 is 0 Å². The van der Waals surface area contributed by atoms with Crippen LogP contribution < -0.4 is 9.47 Å². The van der Waals surface area contributed by atoms with Crippen LogP contribution in [0.5, 0.6) is 11.5 Å². The number of aliphatic hydroxyl groups excluding tert-OH is 1. The van der Waals surface area contributed by atoms with Gasteiger partial charge in [-0.2, -0.15) is 0 Å². The van der Waals surface area contributed by atoms with Crippen LogP contribution >= 0.6 is 0 Å². The van der Waals surface area contributed by atoms with Gasteiger partial charge in [-0.05, 0) is 58.4 Å². The molecule has 8 atom stereocenters. The summed E-state index contributed by atoms with van der Waals surface area (Å²) >= 11 is 0. The molecule has 246 valence electrons. The van der Waals surface area contributed by atoms with Crippen molar-refractivity contribution in [3.05, 3.63) is 59.9 Å². The molecule has 1 fully saturated rings. The van der Waals surface area contributed by atoms with E-state index in [1.165, 1.54) is 5.57 Å². The van der Waals surface area contributed by atoms with Crippen LogP contribution in [0.4, 0.5) is 0 Å². The van der Waals surface area contributed by atoms with E-state index in [4.69, 9.17) is 28.1 Å². The van der Waals surface area contributed by atoms with E-state index in [1.807, 2.05) is 39.8 Å². The molecule has 1 unspecified atom stereocenters. The minimum Gasteiger partial charge on any atom is -0.492 e. The summed E-state index contributed by atoms with van der Waals surface area (Å²) in [7, 11) is 3.17. The van der Waals surface area contributed by atoms with Crippen molar-refractivity contribution in [1.82, 2.24) is 0 Å². The molecule has 1 aromatic heterocycles. The van der Waals surface area contributed by atoms with Crippen LogP contribution in [0.3, 0.4) is 0 Å². The zero-order valence-electron chi connectivity index (χ0n) is 28.9. The third-order valence-corrected chi connectivity index (χ3v) is 8.95. The zero-order valence-corrected chi connectivity index (χ0v) is 28.9. The SMILES string of the molecule is C=C[C@H](C)/C=C(\C)C[C@@H](C)C[C@H](C)c1cc2c(C(O)[C@H](C)[C@H]3OC(C)(C)O[C@H](C=C)[C@@H]3C)c(OCOC)c(OC)c(C)c2o1. The molecule has 7 heteroatoms. The maximum absolute atomic E-state index is 12.2. The number of hydrogen-bond donors (Lipinski definition) is 1. The first-order valence-electron chi connectivity index (χ1n) is 15.9. The summed E-state index contributed by atoms with van der Waals surface area (Å²) in [6.07, 6.45) is 6.52. The van der Waals surface area contributed by atoms with Crippen LogP contribution in [0.25, 0.3) is 11.0 Å². The molecule has 1 aliphatic heterocycles. The minimum absolute atomic E-state index is 0.00111. The molecule has 0 radical (unpaired) electrons. The second-order valence-corrected chi connectivity index (χ2v) is 13.4. The molecule has 1 aromatic carbocycles. The van der Waals surface area contributed by atoms with Crippen LogP contribution in [0.2, 0.25) is 0 Å². The normalized spacial score (nSPS) is 23.9. The minimum atomic E-state index is -0.968. The van der Waals surface area contributed by atoms with Crippen molar-refractivity contribution in [1.29, 1.82) is 0 Å². The predicted octanol–water partition coefficient (Wildman–Crippen LogP) is 9.03. The fourth-order valence-corrected chi connectivity index (χ4v) is 6.76. The highest BCUT2D eigenvalue weighted by atomic mass is 16.7. The first-order valence-corrected chi connectivity index (χ1v) is 15.9. The van der Waals surface area contributed by atoms with Crippen LogP contribution in [-0.4, -0.2) is 44.1 Å². The number of rotatable bonds is 15. The molecule has 0 aliphatic carbocycles. The highest BCUT2D eigenvalue weighted by Crippen LogP contribution is 2.49. The van der Waals surface area contributed by atoms with Gasteiger partial charge in [0.15, 0.2) is 24.1 Å². The first-order chi connectivity index (χ1) is 20.7. The van der Waals surface area contributed by atoms with Crippen LogP contribution in [0, 0.1) is 30.6 Å². The number of methoxy groups -OCH3 is 2. The number of ether oxygens (including phenoxy) is 5. The maximum Gasteiger partial charge on any atom is 0.188 e. The largest absolute Gasteiger partial charge is 0.492 e. The summed E-state index contributed by atoms with van der Waals surface area (Å²) in [6.45, 7) is 26.5. The summed E-state index contributed by atoms with van der Waals surface area (Å²) in [5.74, 6) is 1.61. The van der Waals surface area contributed by atoms with E-state index in [2.05, 4.69) is 59.9 Å². The zero-order chi connectivity index (χ0) is 32.9. The number of hydrogen-bond acceptors (Lipinski definition) is 7. The number of fused-ring (bicyclic) bond motifs is 1. The Balaban J connectivity index is 2.08. The Hall–Kier alpha value is -2.58. The van der Waals surface area contributed by atoms with Crippen LogP contribution in [0.1, 0.15) is 97.1 Å². The van der Waals surface area contributed by atoms with Gasteiger partial charge >= 0.3 is 0 Å². The molecular weight excluding hydrogens is 556 g/mol. The summed E-state index contributed by atoms with van der Waals surface area (Å²) < 4.78 is 36.4. The van der Waals surface area contributed by atoms with Crippen molar-refractivity contribution < 1.29 is 33.2 Å². The molecule has 0 amide bonds. The van der Waals surface area contributed by atoms with E-state index in [-0.39, 0.29) is 36.8 Å². The van der Waals surface area contributed by atoms with Gasteiger partial charge in [-0.15, -0.1) is 13.2 Å². The lowest BCUT2D eigenvalue weighted by atomic mass is 9.81. The van der Waals surface area contributed by atoms with E-state index < -0.39 is 11.9 Å². The van der Waals surface area contributed by atoms with Crippen molar-refractivity contribution in [3.8, 4) is 11.5 Å². The molecule has 3 rings (SSSR count). The van der Waals surface area contributed by atoms with Gasteiger partial charge in [0.2, 0.25) is 0 Å². The average Bonchev–Trinajstić information content (AvgIpc) is 3.42. The van der Waals surface area contributed by atoms with Crippen molar-refractivity contribution in [2.45, 2.75) is 105 Å². The molecule has 1 saturated heterocycles. The summed E-state index contributed by atoms with van der Waals surface area (Å²) in [4.78, 5) is 0. The third-order valence-electron chi connectivity index (χ3n) is 8.95. The van der Waals surface area contributed by atoms with Gasteiger partial charge in [-0.3, -0.25) is 0 Å². The first kappa shape index (κ1) is 35.9. The van der Waals surface area contributed by atoms with Gasteiger partial charge in [-0.1, -0.05) is 58.4 Å². The smallest absolute Gasteiger partial charge is 0.188 e. The number of allylic oxidation sites excluding steroid dienone is 3. The summed E-state index contributed by atoms with van der Waals surface area (Å²) in [6, 6.07) is 2.07. The Labute approximate surface area is 265 Å². The van der Waals surface area contributed by atoms with Gasteiger partial charge in [0, 0.05) is 41.4 Å². The molecule has 0 bridgehead atoms. The Morgan fingerprint density at radius 1 is 1.11 bits per heavy atom. The highest BCUT2D eigenvalue weighted by molar-refractivity contribution is 5.90. The second-order valence-electron chi connectivity index (χ2n) is 13.4. The summed E-state index contributed by atoms with van der Waals surface area (Å²) in [5.41, 5.74) is 3.47. The molecule has 7 nitrogen and oxygen atoms in total. The van der Waals surface area contributed by atoms with Crippen molar-refractivity contribution in [2.75, 3.05) is 21.0 Å². The number of benzene rings is 1. The Morgan fingerprint density at radius 2 is 1.80 bits per heavy atom. The number of aryl methyl sites for hydroxylation is 1. The van der Waals surface area contributed by atoms with Gasteiger partial charge < -0.3 is 33.2 Å². The van der Waals surface area contributed by atoms with Crippen molar-refractivity contribution >= 4 is 11.0 Å². The lowest BCUT2D eigenvalue weighted by Crippen LogP contribution is -2.52. The van der Waals surface area contributed by atoms with Gasteiger partial charge in [0.05, 0.1) is 25.4 Å². The lowest BCUT2D eigenvalue weighted by molar-refractivity contribution is -0.321. The molecule has 1 N–H and O–H groups in total. The fourth-order valence-electron chi connectivity index (χ4n) is 6.76. The highest BCUT2D eigenvalue weighted by Gasteiger charge is 2.45. The van der Waals surface area contributed by atoms with Crippen LogP contribution in [0.15, 0.2) is 47.4 Å². The molecule has 0 saturated carbocycles. The van der Waals surface area contributed by atoms with Gasteiger partial charge in [0.1, 0.15) is 11.3 Å². The Bertz CT molecular complexity index is 1300. The monoisotopic (exact) mass is 612 g/mol. The molecule has 2 aromatic rings. The Kier molecular flexibility index (Phi) is 12.3. The molecule has 1 aliphatic rings. The molecule has 2 heterocycles. The van der Waals surface area contributed by atoms with Crippen molar-refractivity contribution in [3.63, 3.8) is 0 Å². The third kappa shape index (κ3) is 7.97. The Morgan fingerprint density at radius 3 is 2.39 bits per heavy atom. The number of furan rings is 1. The van der Waals surface area contributed by atoms with E-state index in [1.54, 1.807) is 14.2 Å².